The Bertz CT molecular complexity index is 1270. The molecule has 1 heterocycles. The molecule has 0 saturated carbocycles. The Morgan fingerprint density at radius 1 is 1.19 bits per heavy atom. The van der Waals surface area contributed by atoms with Gasteiger partial charge in [-0.15, -0.1) is 0 Å². The van der Waals surface area contributed by atoms with Crippen molar-refractivity contribution >= 4 is 18.0 Å². The van der Waals surface area contributed by atoms with Crippen molar-refractivity contribution < 1.29 is 47.9 Å². The molecule has 1 unspecified atom stereocenters. The van der Waals surface area contributed by atoms with E-state index in [-0.39, 0.29) is 36.0 Å². The summed E-state index contributed by atoms with van der Waals surface area (Å²) in [6, 6.07) is 11.3. The van der Waals surface area contributed by atoms with Gasteiger partial charge in [0.15, 0.2) is 12.9 Å². The second kappa shape index (κ2) is 14.9. The molecule has 1 fully saturated rings. The molecule has 0 spiro atoms. The fourth-order valence-electron chi connectivity index (χ4n) is 4.92. The molecule has 42 heavy (non-hydrogen) atoms. The summed E-state index contributed by atoms with van der Waals surface area (Å²) in [5.74, 6) is -2.41. The number of aromatic carboxylic acids is 1. The SMILES string of the molecule is COCOc1cc(OC)cc(/C=C/C[C@@H]2CC(C)(C)O[C@@H]2C(OC(=O)c2ccccc2)/C(F)=C\C[C@@H](C)O)c1C(=O)O. The van der Waals surface area contributed by atoms with Gasteiger partial charge in [-0.25, -0.2) is 14.0 Å². The standard InChI is InChI=1S/C32H39FO9/c1-20(34)14-15-25(33)29(41-31(37)21-10-7-6-8-11-21)28-23(18-32(2,3)42-28)13-9-12-22-16-24(39-5)17-26(40-19-38-4)27(22)30(35)36/h6-12,15-17,20,23,28-29,34H,13-14,18-19H2,1-5H3,(H,35,36)/b12-9+,25-15+/t20-,23-,28+,29?/m1/s1. The zero-order valence-electron chi connectivity index (χ0n) is 24.5. The van der Waals surface area contributed by atoms with Crippen molar-refractivity contribution in [1.82, 2.24) is 0 Å². The van der Waals surface area contributed by atoms with Gasteiger partial charge in [-0.2, -0.15) is 0 Å². The van der Waals surface area contributed by atoms with E-state index < -0.39 is 41.7 Å². The van der Waals surface area contributed by atoms with Crippen molar-refractivity contribution in [2.75, 3.05) is 21.0 Å². The van der Waals surface area contributed by atoms with Crippen LogP contribution in [0.2, 0.25) is 0 Å². The Kier molecular flexibility index (Phi) is 11.7. The number of hydrogen-bond acceptors (Lipinski definition) is 8. The van der Waals surface area contributed by atoms with Crippen molar-refractivity contribution in [2.24, 2.45) is 5.92 Å². The van der Waals surface area contributed by atoms with E-state index in [1.807, 2.05) is 13.8 Å². The minimum absolute atomic E-state index is 0.0349. The monoisotopic (exact) mass is 586 g/mol. The Morgan fingerprint density at radius 2 is 1.90 bits per heavy atom. The number of carbonyl (C=O) groups is 2. The number of allylic oxidation sites excluding steroid dienone is 1. The number of esters is 1. The number of aliphatic hydroxyl groups is 1. The largest absolute Gasteiger partial charge is 0.497 e. The van der Waals surface area contributed by atoms with E-state index in [0.29, 0.717) is 24.2 Å². The summed E-state index contributed by atoms with van der Waals surface area (Å²) in [5.41, 5.74) is -0.0949. The zero-order valence-corrected chi connectivity index (χ0v) is 24.5. The first-order valence-electron chi connectivity index (χ1n) is 13.7. The molecule has 10 heteroatoms. The molecule has 0 bridgehead atoms. The second-order valence-electron chi connectivity index (χ2n) is 10.8. The Labute approximate surface area is 245 Å². The molecule has 4 atom stereocenters. The third-order valence-corrected chi connectivity index (χ3v) is 6.77. The summed E-state index contributed by atoms with van der Waals surface area (Å²) >= 11 is 0. The molecule has 1 saturated heterocycles. The predicted molar refractivity (Wildman–Crippen MR) is 154 cm³/mol. The third kappa shape index (κ3) is 8.88. The van der Waals surface area contributed by atoms with Crippen molar-refractivity contribution in [3.05, 3.63) is 77.1 Å². The number of aliphatic hydroxyl groups excluding tert-OH is 1. The van der Waals surface area contributed by atoms with Crippen LogP contribution in [0.4, 0.5) is 4.39 Å². The number of rotatable bonds is 14. The molecule has 0 aliphatic carbocycles. The van der Waals surface area contributed by atoms with Gasteiger partial charge >= 0.3 is 11.9 Å². The van der Waals surface area contributed by atoms with Gasteiger partial charge in [0, 0.05) is 13.2 Å². The van der Waals surface area contributed by atoms with Crippen LogP contribution in [-0.4, -0.2) is 67.1 Å². The van der Waals surface area contributed by atoms with Gasteiger partial charge in [-0.05, 0) is 75.8 Å². The summed E-state index contributed by atoms with van der Waals surface area (Å²) < 4.78 is 43.3. The Balaban J connectivity index is 1.93. The van der Waals surface area contributed by atoms with Gasteiger partial charge in [0.2, 0.25) is 0 Å². The van der Waals surface area contributed by atoms with Gasteiger partial charge in [0.05, 0.1) is 24.4 Å². The molecular formula is C32H39FO9. The van der Waals surface area contributed by atoms with Crippen LogP contribution in [0, 0.1) is 5.92 Å². The van der Waals surface area contributed by atoms with Crippen LogP contribution in [0.15, 0.2) is 60.4 Å². The van der Waals surface area contributed by atoms with Gasteiger partial charge < -0.3 is 33.9 Å². The van der Waals surface area contributed by atoms with Crippen LogP contribution < -0.4 is 9.47 Å². The number of halogens is 1. The fourth-order valence-corrected chi connectivity index (χ4v) is 4.92. The van der Waals surface area contributed by atoms with Crippen molar-refractivity contribution in [2.45, 2.75) is 63.9 Å². The van der Waals surface area contributed by atoms with Gasteiger partial charge in [-0.3, -0.25) is 0 Å². The predicted octanol–water partition coefficient (Wildman–Crippen LogP) is 5.81. The van der Waals surface area contributed by atoms with Crippen molar-refractivity contribution in [1.29, 1.82) is 0 Å². The van der Waals surface area contributed by atoms with E-state index in [2.05, 4.69) is 0 Å². The lowest BCUT2D eigenvalue weighted by molar-refractivity contribution is -0.0805. The van der Waals surface area contributed by atoms with Gasteiger partial charge in [0.1, 0.15) is 29.0 Å². The number of hydrogen-bond donors (Lipinski definition) is 2. The van der Waals surface area contributed by atoms with E-state index in [9.17, 15) is 19.8 Å². The minimum Gasteiger partial charge on any atom is -0.497 e. The highest BCUT2D eigenvalue weighted by Crippen LogP contribution is 2.41. The molecule has 0 amide bonds. The maximum atomic E-state index is 15.6. The molecular weight excluding hydrogens is 547 g/mol. The summed E-state index contributed by atoms with van der Waals surface area (Å²) in [5, 5.41) is 19.6. The number of carbonyl (C=O) groups excluding carboxylic acids is 1. The Morgan fingerprint density at radius 3 is 2.52 bits per heavy atom. The molecule has 228 valence electrons. The van der Waals surface area contributed by atoms with Crippen LogP contribution in [0.5, 0.6) is 11.5 Å². The second-order valence-corrected chi connectivity index (χ2v) is 10.8. The smallest absolute Gasteiger partial charge is 0.340 e. The third-order valence-electron chi connectivity index (χ3n) is 6.77. The minimum atomic E-state index is -1.35. The van der Waals surface area contributed by atoms with Crippen LogP contribution in [0.25, 0.3) is 6.08 Å². The summed E-state index contributed by atoms with van der Waals surface area (Å²) in [6.07, 6.45) is 2.57. The molecule has 2 N–H and O–H groups in total. The van der Waals surface area contributed by atoms with Crippen molar-refractivity contribution in [3.8, 4) is 11.5 Å². The first-order valence-corrected chi connectivity index (χ1v) is 13.7. The Hall–Kier alpha value is -3.73. The highest BCUT2D eigenvalue weighted by molar-refractivity contribution is 5.95. The van der Waals surface area contributed by atoms with E-state index in [4.69, 9.17) is 23.7 Å². The van der Waals surface area contributed by atoms with E-state index in [0.717, 1.165) is 0 Å². The summed E-state index contributed by atoms with van der Waals surface area (Å²) in [7, 11) is 2.89. The fraction of sp³-hybridized carbons (Fsp3) is 0.438. The quantitative estimate of drug-likeness (QED) is 0.209. The average Bonchev–Trinajstić information content (AvgIpc) is 3.26. The highest BCUT2D eigenvalue weighted by atomic mass is 19.1. The van der Waals surface area contributed by atoms with Crippen LogP contribution in [-0.2, 0) is 14.2 Å². The van der Waals surface area contributed by atoms with Gasteiger partial charge in [-0.1, -0.05) is 30.4 Å². The van der Waals surface area contributed by atoms with Crippen LogP contribution >= 0.6 is 0 Å². The maximum Gasteiger partial charge on any atom is 0.340 e. The molecule has 9 nitrogen and oxygen atoms in total. The number of carboxylic acids is 1. The number of ether oxygens (including phenoxy) is 5. The number of benzene rings is 2. The van der Waals surface area contributed by atoms with Crippen LogP contribution in [0.3, 0.4) is 0 Å². The lowest BCUT2D eigenvalue weighted by Crippen LogP contribution is -2.37. The van der Waals surface area contributed by atoms with E-state index >= 15 is 4.39 Å². The summed E-state index contributed by atoms with van der Waals surface area (Å²) in [6.45, 7) is 5.14. The molecule has 2 aromatic rings. The first-order chi connectivity index (χ1) is 20.0. The highest BCUT2D eigenvalue weighted by Gasteiger charge is 2.46. The lowest BCUT2D eigenvalue weighted by atomic mass is 9.88. The van der Waals surface area contributed by atoms with Crippen LogP contribution in [0.1, 0.15) is 66.3 Å². The molecule has 1 aliphatic rings. The maximum absolute atomic E-state index is 15.6. The topological polar surface area (TPSA) is 121 Å². The number of carboxylic acid groups (broad SMARTS) is 1. The molecule has 0 aromatic heterocycles. The molecule has 0 radical (unpaired) electrons. The first kappa shape index (κ1) is 32.8. The molecule has 2 aromatic carbocycles. The lowest BCUT2D eigenvalue weighted by Gasteiger charge is -2.27. The van der Waals surface area contributed by atoms with E-state index in [1.165, 1.54) is 33.3 Å². The normalized spacial score (nSPS) is 19.8. The van der Waals surface area contributed by atoms with Gasteiger partial charge in [0.25, 0.3) is 0 Å². The van der Waals surface area contributed by atoms with E-state index in [1.54, 1.807) is 48.6 Å². The summed E-state index contributed by atoms with van der Waals surface area (Å²) in [4.78, 5) is 25.1. The van der Waals surface area contributed by atoms with Crippen molar-refractivity contribution in [3.63, 3.8) is 0 Å². The molecule has 1 aliphatic heterocycles. The average molecular weight is 587 g/mol. The number of methoxy groups -OCH3 is 2. The zero-order chi connectivity index (χ0) is 30.9. The molecule has 3 rings (SSSR count).